The van der Waals surface area contributed by atoms with Crippen LogP contribution in [0, 0.1) is 5.92 Å². The zero-order chi connectivity index (χ0) is 18.1. The monoisotopic (exact) mass is 340 g/mol. The van der Waals surface area contributed by atoms with E-state index in [9.17, 15) is 9.90 Å². The molecule has 1 N–H and O–H groups in total. The Bertz CT molecular complexity index is 598. The Morgan fingerprint density at radius 3 is 2.32 bits per heavy atom. The van der Waals surface area contributed by atoms with Gasteiger partial charge in [0.2, 0.25) is 0 Å². The van der Waals surface area contributed by atoms with Crippen LogP contribution in [0.3, 0.4) is 0 Å². The minimum Gasteiger partial charge on any atom is -0.481 e. The third kappa shape index (κ3) is 5.07. The molecule has 0 spiro atoms. The van der Waals surface area contributed by atoms with E-state index in [0.717, 1.165) is 19.3 Å². The molecule has 1 aliphatic carbocycles. The molecule has 0 atom stereocenters. The summed E-state index contributed by atoms with van der Waals surface area (Å²) >= 11 is 0. The molecule has 2 rings (SSSR count). The van der Waals surface area contributed by atoms with Crippen LogP contribution in [-0.2, 0) is 16.6 Å². The molecule has 0 amide bonds. The smallest absolute Gasteiger partial charge is 0.314 e. The number of hydrogen-bond donors (Lipinski definition) is 1. The lowest BCUT2D eigenvalue weighted by atomic mass is 9.70. The minimum absolute atomic E-state index is 0.149. The van der Waals surface area contributed by atoms with Crippen molar-refractivity contribution in [3.8, 4) is 0 Å². The molecule has 0 unspecified atom stereocenters. The molecule has 25 heavy (non-hydrogen) atoms. The molecule has 0 saturated carbocycles. The van der Waals surface area contributed by atoms with E-state index < -0.39 is 11.9 Å². The van der Waals surface area contributed by atoms with Crippen LogP contribution in [0.2, 0.25) is 0 Å². The van der Waals surface area contributed by atoms with Gasteiger partial charge in [-0.2, -0.15) is 0 Å². The predicted molar refractivity (Wildman–Crippen MR) is 105 cm³/mol. The van der Waals surface area contributed by atoms with Crippen LogP contribution >= 0.6 is 0 Å². The van der Waals surface area contributed by atoms with Crippen molar-refractivity contribution in [2.24, 2.45) is 5.92 Å². The Morgan fingerprint density at radius 1 is 1.00 bits per heavy atom. The van der Waals surface area contributed by atoms with Crippen LogP contribution in [0.5, 0.6) is 0 Å². The van der Waals surface area contributed by atoms with E-state index in [1.165, 1.54) is 43.2 Å². The van der Waals surface area contributed by atoms with Gasteiger partial charge in [-0.1, -0.05) is 101 Å². The van der Waals surface area contributed by atoms with E-state index in [4.69, 9.17) is 0 Å². The maximum Gasteiger partial charge on any atom is 0.314 e. The summed E-state index contributed by atoms with van der Waals surface area (Å²) in [5, 5.41) is 9.29. The number of benzene rings is 1. The van der Waals surface area contributed by atoms with Crippen LogP contribution < -0.4 is 0 Å². The van der Waals surface area contributed by atoms with Crippen LogP contribution in [-0.4, -0.2) is 11.1 Å². The summed E-state index contributed by atoms with van der Waals surface area (Å²) in [6.45, 7) is 4.45. The lowest BCUT2D eigenvalue weighted by Crippen LogP contribution is -2.27. The van der Waals surface area contributed by atoms with Crippen LogP contribution in [0.1, 0.15) is 69.9 Å². The lowest BCUT2D eigenvalue weighted by Gasteiger charge is -2.33. The maximum absolute atomic E-state index is 11.3. The first kappa shape index (κ1) is 19.5. The van der Waals surface area contributed by atoms with Crippen molar-refractivity contribution < 1.29 is 9.90 Å². The third-order valence-electron chi connectivity index (χ3n) is 5.22. The van der Waals surface area contributed by atoms with Gasteiger partial charge in [-0.05, 0) is 24.0 Å². The number of allylic oxidation sites excluding steroid dienone is 2. The Morgan fingerprint density at radius 2 is 1.68 bits per heavy atom. The molecule has 0 radical (unpaired) electrons. The van der Waals surface area contributed by atoms with Gasteiger partial charge >= 0.3 is 5.97 Å². The summed E-state index contributed by atoms with van der Waals surface area (Å²) in [6, 6.07) is 8.67. The van der Waals surface area contributed by atoms with Crippen molar-refractivity contribution >= 4 is 5.97 Å². The number of rotatable bonds is 10. The molecule has 0 bridgehead atoms. The molecule has 0 saturated heterocycles. The molecule has 2 nitrogen and oxygen atoms in total. The molecule has 0 aromatic heterocycles. The van der Waals surface area contributed by atoms with Gasteiger partial charge in [-0.15, -0.1) is 0 Å². The van der Waals surface area contributed by atoms with Gasteiger partial charge < -0.3 is 5.11 Å². The van der Waals surface area contributed by atoms with Crippen molar-refractivity contribution in [3.05, 3.63) is 59.7 Å². The van der Waals surface area contributed by atoms with Crippen molar-refractivity contribution in [2.45, 2.75) is 70.6 Å². The fourth-order valence-electron chi connectivity index (χ4n) is 3.80. The van der Waals surface area contributed by atoms with Crippen LogP contribution in [0.15, 0.2) is 48.6 Å². The van der Waals surface area contributed by atoms with E-state index >= 15 is 0 Å². The van der Waals surface area contributed by atoms with Crippen LogP contribution in [0.25, 0.3) is 0 Å². The number of carboxylic acids is 1. The normalized spacial score (nSPS) is 22.2. The van der Waals surface area contributed by atoms with Crippen molar-refractivity contribution in [1.29, 1.82) is 0 Å². The van der Waals surface area contributed by atoms with Gasteiger partial charge in [0, 0.05) is 5.41 Å². The standard InChI is InChI=1S/C23H32O2/c1-3-5-6-7-10-16-23(17-14-20(15-18-23)22(24)25)21-13-9-8-12-19(21)11-4-2/h8-9,12-15,17-18,20H,3-7,10-11,16H2,1-2H3,(H,24,25). The average molecular weight is 341 g/mol. The quantitative estimate of drug-likeness (QED) is 0.415. The summed E-state index contributed by atoms with van der Waals surface area (Å²) in [7, 11) is 0. The molecule has 0 aliphatic heterocycles. The summed E-state index contributed by atoms with van der Waals surface area (Å²) < 4.78 is 0. The van der Waals surface area contributed by atoms with Gasteiger partial charge in [0.05, 0.1) is 5.92 Å². The van der Waals surface area contributed by atoms with Crippen molar-refractivity contribution in [1.82, 2.24) is 0 Å². The fraction of sp³-hybridized carbons (Fsp3) is 0.522. The first-order valence-corrected chi connectivity index (χ1v) is 9.83. The second kappa shape index (κ2) is 9.60. The first-order valence-electron chi connectivity index (χ1n) is 9.83. The first-order chi connectivity index (χ1) is 12.1. The zero-order valence-corrected chi connectivity index (χ0v) is 15.7. The molecule has 2 heteroatoms. The van der Waals surface area contributed by atoms with Gasteiger partial charge in [-0.25, -0.2) is 0 Å². The molecule has 0 fully saturated rings. The second-order valence-electron chi connectivity index (χ2n) is 7.19. The fourth-order valence-corrected chi connectivity index (χ4v) is 3.80. The average Bonchev–Trinajstić information content (AvgIpc) is 2.62. The molecule has 0 heterocycles. The number of carbonyl (C=O) groups is 1. The number of hydrogen-bond acceptors (Lipinski definition) is 1. The maximum atomic E-state index is 11.3. The van der Waals surface area contributed by atoms with E-state index in [0.29, 0.717) is 0 Å². The van der Waals surface area contributed by atoms with Crippen molar-refractivity contribution in [2.75, 3.05) is 0 Å². The van der Waals surface area contributed by atoms with E-state index in [-0.39, 0.29) is 5.41 Å². The predicted octanol–water partition coefficient (Wildman–Crippen LogP) is 6.06. The molecular weight excluding hydrogens is 308 g/mol. The largest absolute Gasteiger partial charge is 0.481 e. The molecular formula is C23H32O2. The molecule has 1 aromatic rings. The summed E-state index contributed by atoms with van der Waals surface area (Å²) in [5.41, 5.74) is 2.59. The van der Waals surface area contributed by atoms with Gasteiger partial charge in [0.15, 0.2) is 0 Å². The van der Waals surface area contributed by atoms with Gasteiger partial charge in [0.25, 0.3) is 0 Å². The second-order valence-corrected chi connectivity index (χ2v) is 7.19. The highest BCUT2D eigenvalue weighted by molar-refractivity contribution is 5.75. The lowest BCUT2D eigenvalue weighted by molar-refractivity contribution is -0.138. The summed E-state index contributed by atoms with van der Waals surface area (Å²) in [4.78, 5) is 11.3. The minimum atomic E-state index is -0.772. The molecule has 1 aromatic carbocycles. The Labute approximate surface area is 152 Å². The highest BCUT2D eigenvalue weighted by Crippen LogP contribution is 2.39. The van der Waals surface area contributed by atoms with E-state index in [1.807, 2.05) is 12.2 Å². The number of unbranched alkanes of at least 4 members (excludes halogenated alkanes) is 4. The SMILES string of the molecule is CCCCCCCC1(c2ccccc2CCC)C=CC(C(=O)O)C=C1. The third-order valence-corrected chi connectivity index (χ3v) is 5.22. The summed E-state index contributed by atoms with van der Waals surface area (Å²) in [6.07, 6.45) is 17.5. The Balaban J connectivity index is 2.26. The van der Waals surface area contributed by atoms with E-state index in [1.54, 1.807) is 0 Å². The topological polar surface area (TPSA) is 37.3 Å². The highest BCUT2D eigenvalue weighted by Gasteiger charge is 2.31. The number of carboxylic acid groups (broad SMARTS) is 1. The molecule has 136 valence electrons. The summed E-state index contributed by atoms with van der Waals surface area (Å²) in [5.74, 6) is -1.27. The van der Waals surface area contributed by atoms with Gasteiger partial charge in [0.1, 0.15) is 0 Å². The highest BCUT2D eigenvalue weighted by atomic mass is 16.4. The van der Waals surface area contributed by atoms with Crippen LogP contribution in [0.4, 0.5) is 0 Å². The zero-order valence-electron chi connectivity index (χ0n) is 15.7. The molecule has 1 aliphatic rings. The number of aryl methyl sites for hydroxylation is 1. The van der Waals surface area contributed by atoms with E-state index in [2.05, 4.69) is 50.3 Å². The number of aliphatic carboxylic acids is 1. The Kier molecular flexibility index (Phi) is 7.49. The van der Waals surface area contributed by atoms with Gasteiger partial charge in [-0.3, -0.25) is 4.79 Å². The Hall–Kier alpha value is -1.83. The van der Waals surface area contributed by atoms with Crippen molar-refractivity contribution in [3.63, 3.8) is 0 Å².